The lowest BCUT2D eigenvalue weighted by atomic mass is 10.2. The molecule has 0 bridgehead atoms. The Balaban J connectivity index is 1.44. The number of carbonyl (C=O) groups is 1. The second-order valence-electron chi connectivity index (χ2n) is 5.97. The normalized spacial score (nSPS) is 10.3. The Labute approximate surface area is 158 Å². The van der Waals surface area contributed by atoms with E-state index >= 15 is 0 Å². The number of hydrogen-bond donors (Lipinski definition) is 1. The number of rotatable bonds is 7. The summed E-state index contributed by atoms with van der Waals surface area (Å²) in [6, 6.07) is 25.4. The third-order valence-electron chi connectivity index (χ3n) is 3.74. The number of anilines is 1. The molecule has 3 aromatic carbocycles. The van der Waals surface area contributed by atoms with Crippen LogP contribution in [0.15, 0.2) is 78.9 Å². The lowest BCUT2D eigenvalue weighted by Crippen LogP contribution is -2.14. The van der Waals surface area contributed by atoms with Crippen molar-refractivity contribution < 1.29 is 9.53 Å². The van der Waals surface area contributed by atoms with E-state index in [1.807, 2.05) is 54.6 Å². The van der Waals surface area contributed by atoms with Crippen molar-refractivity contribution in [3.05, 3.63) is 90.0 Å². The van der Waals surface area contributed by atoms with Gasteiger partial charge in [0.05, 0.1) is 5.75 Å². The fraction of sp³-hybridized carbons (Fsp3) is 0.136. The second-order valence-corrected chi connectivity index (χ2v) is 6.95. The predicted molar refractivity (Wildman–Crippen MR) is 109 cm³/mol. The van der Waals surface area contributed by atoms with Crippen LogP contribution in [0.3, 0.4) is 0 Å². The summed E-state index contributed by atoms with van der Waals surface area (Å²) in [6.07, 6.45) is 0. The lowest BCUT2D eigenvalue weighted by Gasteiger charge is -2.08. The number of para-hydroxylation sites is 1. The maximum absolute atomic E-state index is 12.1. The maximum atomic E-state index is 12.1. The van der Waals surface area contributed by atoms with Crippen molar-refractivity contribution in [2.24, 2.45) is 0 Å². The maximum Gasteiger partial charge on any atom is 0.234 e. The Kier molecular flexibility index (Phi) is 6.34. The molecule has 1 N–H and O–H groups in total. The average Bonchev–Trinajstić information content (AvgIpc) is 2.66. The molecule has 0 aliphatic heterocycles. The van der Waals surface area contributed by atoms with E-state index in [2.05, 4.69) is 36.5 Å². The van der Waals surface area contributed by atoms with Gasteiger partial charge in [-0.1, -0.05) is 48.0 Å². The molecule has 0 heterocycles. The zero-order chi connectivity index (χ0) is 18.2. The molecule has 1 amide bonds. The minimum Gasteiger partial charge on any atom is -0.457 e. The van der Waals surface area contributed by atoms with Gasteiger partial charge in [-0.3, -0.25) is 4.79 Å². The molecule has 0 unspecified atom stereocenters. The first-order chi connectivity index (χ1) is 12.7. The van der Waals surface area contributed by atoms with Crippen LogP contribution in [0.5, 0.6) is 11.5 Å². The summed E-state index contributed by atoms with van der Waals surface area (Å²) in [5.41, 5.74) is 3.25. The van der Waals surface area contributed by atoms with Gasteiger partial charge in [0.15, 0.2) is 0 Å². The van der Waals surface area contributed by atoms with Gasteiger partial charge in [-0.2, -0.15) is 0 Å². The van der Waals surface area contributed by atoms with Gasteiger partial charge in [0.25, 0.3) is 0 Å². The van der Waals surface area contributed by atoms with Crippen LogP contribution in [0.2, 0.25) is 0 Å². The summed E-state index contributed by atoms with van der Waals surface area (Å²) in [7, 11) is 0. The fourth-order valence-electron chi connectivity index (χ4n) is 2.37. The SMILES string of the molecule is Cc1ccc(CSCC(=O)Nc2ccc(Oc3ccccc3)cc2)cc1. The summed E-state index contributed by atoms with van der Waals surface area (Å²) < 4.78 is 5.74. The van der Waals surface area contributed by atoms with E-state index in [0.717, 1.165) is 22.9 Å². The van der Waals surface area contributed by atoms with Gasteiger partial charge in [-0.05, 0) is 48.9 Å². The summed E-state index contributed by atoms with van der Waals surface area (Å²) in [5.74, 6) is 2.78. The fourth-order valence-corrected chi connectivity index (χ4v) is 3.16. The van der Waals surface area contributed by atoms with Crippen LogP contribution in [-0.2, 0) is 10.5 Å². The molecule has 0 spiro atoms. The summed E-state index contributed by atoms with van der Waals surface area (Å²) in [6.45, 7) is 2.07. The highest BCUT2D eigenvalue weighted by Crippen LogP contribution is 2.22. The highest BCUT2D eigenvalue weighted by Gasteiger charge is 2.04. The van der Waals surface area contributed by atoms with Crippen molar-refractivity contribution in [3.8, 4) is 11.5 Å². The summed E-state index contributed by atoms with van der Waals surface area (Å²) >= 11 is 1.61. The van der Waals surface area contributed by atoms with Crippen LogP contribution in [0.1, 0.15) is 11.1 Å². The first kappa shape index (κ1) is 18.1. The number of hydrogen-bond acceptors (Lipinski definition) is 3. The first-order valence-electron chi connectivity index (χ1n) is 8.45. The largest absolute Gasteiger partial charge is 0.457 e. The number of ether oxygens (including phenoxy) is 1. The van der Waals surface area contributed by atoms with Crippen molar-refractivity contribution in [1.29, 1.82) is 0 Å². The smallest absolute Gasteiger partial charge is 0.234 e. The van der Waals surface area contributed by atoms with Gasteiger partial charge in [0.1, 0.15) is 11.5 Å². The topological polar surface area (TPSA) is 38.3 Å². The molecule has 0 fully saturated rings. The lowest BCUT2D eigenvalue weighted by molar-refractivity contribution is -0.113. The zero-order valence-corrected chi connectivity index (χ0v) is 15.5. The Morgan fingerprint density at radius 2 is 1.54 bits per heavy atom. The van der Waals surface area contributed by atoms with Crippen LogP contribution in [-0.4, -0.2) is 11.7 Å². The Hall–Kier alpha value is -2.72. The minimum absolute atomic E-state index is 0.00107. The van der Waals surface area contributed by atoms with E-state index < -0.39 is 0 Å². The molecule has 0 aromatic heterocycles. The highest BCUT2D eigenvalue weighted by atomic mass is 32.2. The molecule has 0 aliphatic rings. The number of aryl methyl sites for hydroxylation is 1. The second kappa shape index (κ2) is 9.11. The van der Waals surface area contributed by atoms with Crippen LogP contribution >= 0.6 is 11.8 Å². The standard InChI is InChI=1S/C22H21NO2S/c1-17-7-9-18(10-8-17)15-26-16-22(24)23-19-11-13-21(14-12-19)25-20-5-3-2-4-6-20/h2-14H,15-16H2,1H3,(H,23,24). The Morgan fingerprint density at radius 3 is 2.23 bits per heavy atom. The van der Waals surface area contributed by atoms with Gasteiger partial charge >= 0.3 is 0 Å². The van der Waals surface area contributed by atoms with Gasteiger partial charge in [0.2, 0.25) is 5.91 Å². The molecule has 0 saturated carbocycles. The van der Waals surface area contributed by atoms with Gasteiger partial charge < -0.3 is 10.1 Å². The zero-order valence-electron chi connectivity index (χ0n) is 14.6. The van der Waals surface area contributed by atoms with Gasteiger partial charge in [0, 0.05) is 11.4 Å². The summed E-state index contributed by atoms with van der Waals surface area (Å²) in [4.78, 5) is 12.1. The van der Waals surface area contributed by atoms with E-state index in [9.17, 15) is 4.79 Å². The molecule has 3 aromatic rings. The first-order valence-corrected chi connectivity index (χ1v) is 9.60. The van der Waals surface area contributed by atoms with Crippen molar-refractivity contribution in [1.82, 2.24) is 0 Å². The third-order valence-corrected chi connectivity index (χ3v) is 4.74. The van der Waals surface area contributed by atoms with Crippen LogP contribution in [0, 0.1) is 6.92 Å². The van der Waals surface area contributed by atoms with E-state index in [0.29, 0.717) is 5.75 Å². The van der Waals surface area contributed by atoms with Crippen LogP contribution < -0.4 is 10.1 Å². The molecule has 26 heavy (non-hydrogen) atoms. The average molecular weight is 363 g/mol. The number of thioether (sulfide) groups is 1. The van der Waals surface area contributed by atoms with Crippen molar-refractivity contribution in [2.45, 2.75) is 12.7 Å². The quantitative estimate of drug-likeness (QED) is 0.589. The Bertz CT molecular complexity index is 830. The molecular weight excluding hydrogens is 342 g/mol. The highest BCUT2D eigenvalue weighted by molar-refractivity contribution is 7.99. The van der Waals surface area contributed by atoms with Crippen molar-refractivity contribution in [3.63, 3.8) is 0 Å². The van der Waals surface area contributed by atoms with Gasteiger partial charge in [-0.25, -0.2) is 0 Å². The Morgan fingerprint density at radius 1 is 0.885 bits per heavy atom. The molecule has 4 heteroatoms. The monoisotopic (exact) mass is 363 g/mol. The molecular formula is C22H21NO2S. The molecule has 0 radical (unpaired) electrons. The molecule has 3 rings (SSSR count). The molecule has 0 aliphatic carbocycles. The molecule has 3 nitrogen and oxygen atoms in total. The number of carbonyl (C=O) groups excluding carboxylic acids is 1. The van der Waals surface area contributed by atoms with Crippen molar-refractivity contribution >= 4 is 23.4 Å². The number of nitrogens with one attached hydrogen (secondary N) is 1. The summed E-state index contributed by atoms with van der Waals surface area (Å²) in [5, 5.41) is 2.91. The molecule has 0 saturated heterocycles. The third kappa shape index (κ3) is 5.67. The van der Waals surface area contributed by atoms with E-state index in [4.69, 9.17) is 4.74 Å². The predicted octanol–water partition coefficient (Wildman–Crippen LogP) is 5.66. The van der Waals surface area contributed by atoms with Crippen LogP contribution in [0.25, 0.3) is 0 Å². The van der Waals surface area contributed by atoms with E-state index in [-0.39, 0.29) is 5.91 Å². The number of amides is 1. The van der Waals surface area contributed by atoms with Crippen LogP contribution in [0.4, 0.5) is 5.69 Å². The minimum atomic E-state index is -0.00107. The van der Waals surface area contributed by atoms with Gasteiger partial charge in [-0.15, -0.1) is 11.8 Å². The molecule has 0 atom stereocenters. The van der Waals surface area contributed by atoms with E-state index in [1.54, 1.807) is 11.8 Å². The number of benzene rings is 3. The molecule has 132 valence electrons. The van der Waals surface area contributed by atoms with E-state index in [1.165, 1.54) is 11.1 Å². The van der Waals surface area contributed by atoms with Crippen molar-refractivity contribution in [2.75, 3.05) is 11.1 Å².